The van der Waals surface area contributed by atoms with Crippen molar-refractivity contribution in [3.63, 3.8) is 0 Å². The van der Waals surface area contributed by atoms with Crippen molar-refractivity contribution in [2.45, 2.75) is 44.2 Å². The molecular weight excluding hydrogens is 307 g/mol. The molecule has 0 saturated carbocycles. The van der Waals surface area contributed by atoms with Crippen LogP contribution in [0.3, 0.4) is 0 Å². The zero-order valence-electron chi connectivity index (χ0n) is 12.0. The van der Waals surface area contributed by atoms with Gasteiger partial charge in [0.15, 0.2) is 0 Å². The molecule has 0 heterocycles. The van der Waals surface area contributed by atoms with Gasteiger partial charge in [0.25, 0.3) is 0 Å². The van der Waals surface area contributed by atoms with E-state index in [2.05, 4.69) is 17.6 Å². The number of carboxylic acids is 2. The molecule has 0 unspecified atom stereocenters. The first-order valence-electron chi connectivity index (χ1n) is 6.16. The second-order valence-electron chi connectivity index (χ2n) is 4.18. The molecule has 0 aliphatic carbocycles. The number of unbranched alkanes of at least 4 members (excludes halogenated alkanes) is 1. The first kappa shape index (κ1) is 22.8. The number of aldehydes is 1. The molecule has 0 rings (SSSR count). The molecule has 0 bridgehead atoms. The van der Waals surface area contributed by atoms with Crippen molar-refractivity contribution in [1.82, 2.24) is 10.6 Å². The number of aliphatic carboxylic acids is 2. The van der Waals surface area contributed by atoms with Crippen molar-refractivity contribution in [2.24, 2.45) is 0 Å². The molecule has 0 aromatic carbocycles. The van der Waals surface area contributed by atoms with Crippen LogP contribution in [0.4, 0.5) is 4.79 Å². The van der Waals surface area contributed by atoms with E-state index in [9.17, 15) is 19.2 Å². The Hall–Kier alpha value is -0.484. The average Bonchev–Trinajstić information content (AvgIpc) is 2.38. The summed E-state index contributed by atoms with van der Waals surface area (Å²) in [7, 11) is 0. The number of nitrogens with one attached hydrogen (secondary N) is 2. The van der Waals surface area contributed by atoms with Crippen LogP contribution < -0.4 is 62.0 Å². The van der Waals surface area contributed by atoms with Gasteiger partial charge in [-0.3, -0.25) is 4.79 Å². The Labute approximate surface area is 165 Å². The number of carbonyl (C=O) groups excluding carboxylic acids is 2. The monoisotopic (exact) mass is 326 g/mol. The predicted molar refractivity (Wildman–Crippen MR) is 69.0 cm³/mol. The van der Waals surface area contributed by atoms with Gasteiger partial charge in [-0.1, -0.05) is 6.42 Å². The minimum atomic E-state index is -1.33. The number of hydrogen-bond donors (Lipinski definition) is 4. The van der Waals surface area contributed by atoms with E-state index in [0.29, 0.717) is 25.5 Å². The summed E-state index contributed by atoms with van der Waals surface area (Å²) >= 11 is 0. The van der Waals surface area contributed by atoms with Crippen molar-refractivity contribution < 1.29 is 80.8 Å². The van der Waals surface area contributed by atoms with Gasteiger partial charge in [0.2, 0.25) is 0 Å². The number of rotatable bonds is 10. The Balaban J connectivity index is 0. The molecule has 2 atom stereocenters. The average molecular weight is 326 g/mol. The third-order valence-electron chi connectivity index (χ3n) is 2.50. The quantitative estimate of drug-likeness (QED) is 0.194. The molecule has 9 heteroatoms. The van der Waals surface area contributed by atoms with Gasteiger partial charge in [0.1, 0.15) is 12.3 Å². The maximum Gasteiger partial charge on any atom is 1.00 e. The molecule has 0 aromatic rings. The Morgan fingerprint density at radius 1 is 1.14 bits per heavy atom. The van der Waals surface area contributed by atoms with E-state index < -0.39 is 30.1 Å². The summed E-state index contributed by atoms with van der Waals surface area (Å²) in [5.41, 5.74) is 0. The predicted octanol–water partition coefficient (Wildman–Crippen LogP) is -2.82. The van der Waals surface area contributed by atoms with Crippen LogP contribution in [-0.4, -0.2) is 46.6 Å². The van der Waals surface area contributed by atoms with Crippen molar-refractivity contribution in [2.75, 3.05) is 0 Å². The third-order valence-corrected chi connectivity index (χ3v) is 2.50. The molecule has 0 saturated heterocycles. The van der Waals surface area contributed by atoms with Crippen LogP contribution in [-0.2, 0) is 14.4 Å². The summed E-state index contributed by atoms with van der Waals surface area (Å²) in [5.74, 6) is -2.48. The van der Waals surface area contributed by atoms with E-state index in [1.807, 2.05) is 0 Å². The molecule has 0 aromatic heterocycles. The van der Waals surface area contributed by atoms with Crippen LogP contribution in [0, 0.1) is 6.92 Å². The van der Waals surface area contributed by atoms with Gasteiger partial charge in [0.05, 0.1) is 6.04 Å². The largest absolute Gasteiger partial charge is 1.00 e. The third kappa shape index (κ3) is 11.8. The minimum absolute atomic E-state index is 0. The van der Waals surface area contributed by atoms with Gasteiger partial charge in [-0.15, -0.1) is 0 Å². The zero-order chi connectivity index (χ0) is 15.5. The number of carboxylic acid groups (broad SMARTS) is 2. The molecule has 0 aliphatic rings. The van der Waals surface area contributed by atoms with Gasteiger partial charge >= 0.3 is 69.4 Å². The van der Waals surface area contributed by atoms with E-state index in [0.717, 1.165) is 0 Å². The van der Waals surface area contributed by atoms with Gasteiger partial charge in [-0.05, 0) is 12.8 Å². The first-order valence-corrected chi connectivity index (χ1v) is 6.16. The molecule has 4 N–H and O–H groups in total. The van der Waals surface area contributed by atoms with Crippen molar-refractivity contribution >= 4 is 24.3 Å². The van der Waals surface area contributed by atoms with E-state index in [1.54, 1.807) is 0 Å². The molecule has 0 aliphatic heterocycles. The molecule has 8 nitrogen and oxygen atoms in total. The molecule has 21 heavy (non-hydrogen) atoms. The number of urea groups is 1. The fourth-order valence-corrected chi connectivity index (χ4v) is 1.43. The Morgan fingerprint density at radius 2 is 1.76 bits per heavy atom. The van der Waals surface area contributed by atoms with Crippen molar-refractivity contribution in [3.8, 4) is 0 Å². The topological polar surface area (TPSA) is 133 Å². The second-order valence-corrected chi connectivity index (χ2v) is 4.18. The standard InChI is InChI=1S/C12H19N2O6.K/c1-2-3-4-8(7-15)13-12(20)14-9(11(18)19)5-6-10(16)17;/h7-9H,1-6H2,(H,16,17)(H,18,19)(H2,13,14,20);/q-1;+1/t8-,9-;/m0./s1. The summed E-state index contributed by atoms with van der Waals surface area (Å²) in [6.45, 7) is 3.61. The summed E-state index contributed by atoms with van der Waals surface area (Å²) in [5, 5.41) is 21.8. The van der Waals surface area contributed by atoms with Crippen LogP contribution in [0.2, 0.25) is 0 Å². The molecular formula is C12H19KN2O6. The van der Waals surface area contributed by atoms with Gasteiger partial charge in [-0.2, -0.15) is 6.42 Å². The number of amides is 2. The van der Waals surface area contributed by atoms with E-state index in [-0.39, 0.29) is 64.2 Å². The number of carbonyl (C=O) groups is 4. The zero-order valence-corrected chi connectivity index (χ0v) is 15.1. The normalized spacial score (nSPS) is 12.4. The van der Waals surface area contributed by atoms with Crippen LogP contribution in [0.15, 0.2) is 0 Å². The second kappa shape index (κ2) is 13.2. The van der Waals surface area contributed by atoms with E-state index in [1.165, 1.54) is 0 Å². The summed E-state index contributed by atoms with van der Waals surface area (Å²) < 4.78 is 0. The Kier molecular flexibility index (Phi) is 14.3. The van der Waals surface area contributed by atoms with Crippen LogP contribution in [0.25, 0.3) is 0 Å². The Morgan fingerprint density at radius 3 is 2.19 bits per heavy atom. The maximum absolute atomic E-state index is 11.5. The summed E-state index contributed by atoms with van der Waals surface area (Å²) in [6, 6.07) is -2.85. The minimum Gasteiger partial charge on any atom is -0.481 e. The SMILES string of the molecule is [CH2-]CCC[C@@H](C=O)NC(=O)N[C@@H](CCC(=O)O)C(=O)O.[K+]. The fraction of sp³-hybridized carbons (Fsp3) is 0.583. The first-order chi connectivity index (χ1) is 9.40. The van der Waals surface area contributed by atoms with Gasteiger partial charge in [-0.25, -0.2) is 9.59 Å². The molecule has 0 spiro atoms. The van der Waals surface area contributed by atoms with E-state index >= 15 is 0 Å². The van der Waals surface area contributed by atoms with Crippen LogP contribution in [0.5, 0.6) is 0 Å². The Bertz CT molecular complexity index is 364. The van der Waals surface area contributed by atoms with Gasteiger partial charge < -0.3 is 32.6 Å². The van der Waals surface area contributed by atoms with Crippen LogP contribution >= 0.6 is 0 Å². The van der Waals surface area contributed by atoms with Crippen molar-refractivity contribution in [1.29, 1.82) is 0 Å². The summed E-state index contributed by atoms with van der Waals surface area (Å²) in [6.07, 6.45) is 1.61. The molecule has 0 fully saturated rings. The van der Waals surface area contributed by atoms with Crippen LogP contribution in [0.1, 0.15) is 32.1 Å². The fourth-order valence-electron chi connectivity index (χ4n) is 1.43. The molecule has 114 valence electrons. The summed E-state index contributed by atoms with van der Waals surface area (Å²) in [4.78, 5) is 43.5. The maximum atomic E-state index is 11.5. The smallest absolute Gasteiger partial charge is 0.481 e. The number of hydrogen-bond acceptors (Lipinski definition) is 4. The van der Waals surface area contributed by atoms with E-state index in [4.69, 9.17) is 10.2 Å². The van der Waals surface area contributed by atoms with Gasteiger partial charge in [0, 0.05) is 6.42 Å². The molecule has 2 amide bonds. The van der Waals surface area contributed by atoms with Crippen molar-refractivity contribution in [3.05, 3.63) is 6.92 Å². The molecule has 0 radical (unpaired) electrons.